The van der Waals surface area contributed by atoms with Gasteiger partial charge in [0.25, 0.3) is 0 Å². The summed E-state index contributed by atoms with van der Waals surface area (Å²) in [6.07, 6.45) is 0.856. The van der Waals surface area contributed by atoms with E-state index in [1.54, 1.807) is 0 Å². The van der Waals surface area contributed by atoms with Crippen LogP contribution in [-0.4, -0.2) is 15.8 Å². The van der Waals surface area contributed by atoms with Gasteiger partial charge in [0.15, 0.2) is 0 Å². The highest BCUT2D eigenvalue weighted by Gasteiger charge is 2.08. The molecular formula is C15H13ClN2. The molecule has 0 spiro atoms. The Kier molecular flexibility index (Phi) is 3.03. The fourth-order valence-corrected chi connectivity index (χ4v) is 2.36. The van der Waals surface area contributed by atoms with E-state index < -0.39 is 0 Å². The molecule has 0 radical (unpaired) electrons. The van der Waals surface area contributed by atoms with E-state index in [2.05, 4.69) is 22.1 Å². The molecule has 3 heteroatoms. The van der Waals surface area contributed by atoms with Gasteiger partial charge in [-0.05, 0) is 24.1 Å². The first-order chi connectivity index (χ1) is 8.88. The topological polar surface area (TPSA) is 28.7 Å². The van der Waals surface area contributed by atoms with Gasteiger partial charge in [0.2, 0.25) is 0 Å². The number of benzene rings is 2. The fourth-order valence-electron chi connectivity index (χ4n) is 2.15. The number of halogens is 1. The molecule has 18 heavy (non-hydrogen) atoms. The lowest BCUT2D eigenvalue weighted by Crippen LogP contribution is -1.92. The summed E-state index contributed by atoms with van der Waals surface area (Å²) in [5, 5.41) is 0. The van der Waals surface area contributed by atoms with E-state index in [4.69, 9.17) is 11.6 Å². The molecule has 1 aromatic heterocycles. The molecule has 0 unspecified atom stereocenters. The Balaban J connectivity index is 2.13. The maximum Gasteiger partial charge on any atom is 0.138 e. The lowest BCUT2D eigenvalue weighted by atomic mass is 10.1. The van der Waals surface area contributed by atoms with Gasteiger partial charge in [-0.15, -0.1) is 11.6 Å². The second-order valence-corrected chi connectivity index (χ2v) is 4.58. The molecule has 0 saturated heterocycles. The second-order valence-electron chi connectivity index (χ2n) is 4.20. The van der Waals surface area contributed by atoms with Crippen LogP contribution in [0.25, 0.3) is 22.4 Å². The Labute approximate surface area is 111 Å². The number of para-hydroxylation sites is 2. The van der Waals surface area contributed by atoms with E-state index in [0.29, 0.717) is 5.88 Å². The molecule has 0 bridgehead atoms. The van der Waals surface area contributed by atoms with Crippen LogP contribution in [0.3, 0.4) is 0 Å². The van der Waals surface area contributed by atoms with Gasteiger partial charge >= 0.3 is 0 Å². The third kappa shape index (κ3) is 2.00. The predicted molar refractivity (Wildman–Crippen MR) is 76.0 cm³/mol. The number of nitrogens with one attached hydrogen (secondary N) is 1. The first kappa shape index (κ1) is 11.3. The van der Waals surface area contributed by atoms with Crippen LogP contribution >= 0.6 is 11.6 Å². The van der Waals surface area contributed by atoms with Gasteiger partial charge in [0.05, 0.1) is 11.0 Å². The Bertz CT molecular complexity index is 640. The zero-order valence-electron chi connectivity index (χ0n) is 9.86. The minimum Gasteiger partial charge on any atom is -0.338 e. The average molecular weight is 257 g/mol. The quantitative estimate of drug-likeness (QED) is 0.705. The second kappa shape index (κ2) is 4.83. The number of aromatic nitrogens is 2. The average Bonchev–Trinajstić information content (AvgIpc) is 2.83. The number of hydrogen-bond donors (Lipinski definition) is 1. The number of alkyl halides is 1. The van der Waals surface area contributed by atoms with Crippen molar-refractivity contribution in [2.45, 2.75) is 6.42 Å². The van der Waals surface area contributed by atoms with Crippen LogP contribution < -0.4 is 0 Å². The van der Waals surface area contributed by atoms with Crippen LogP contribution in [0.15, 0.2) is 48.5 Å². The molecule has 0 fully saturated rings. The Morgan fingerprint density at radius 3 is 2.61 bits per heavy atom. The minimum atomic E-state index is 0.622. The highest BCUT2D eigenvalue weighted by molar-refractivity contribution is 6.18. The summed E-state index contributed by atoms with van der Waals surface area (Å²) in [4.78, 5) is 7.98. The van der Waals surface area contributed by atoms with Crippen LogP contribution in [0.2, 0.25) is 0 Å². The molecule has 90 valence electrons. The molecule has 0 aliphatic carbocycles. The van der Waals surface area contributed by atoms with Crippen molar-refractivity contribution < 1.29 is 0 Å². The third-order valence-corrected chi connectivity index (χ3v) is 3.21. The van der Waals surface area contributed by atoms with Gasteiger partial charge < -0.3 is 4.98 Å². The molecule has 0 aliphatic rings. The first-order valence-corrected chi connectivity index (χ1v) is 6.51. The summed E-state index contributed by atoms with van der Waals surface area (Å²) < 4.78 is 0. The van der Waals surface area contributed by atoms with Crippen LogP contribution in [0, 0.1) is 0 Å². The van der Waals surface area contributed by atoms with Gasteiger partial charge in [-0.1, -0.05) is 36.4 Å². The standard InChI is InChI=1S/C15H13ClN2/c16-10-9-11-5-1-2-6-12(11)15-17-13-7-3-4-8-14(13)18-15/h1-8H,9-10H2,(H,17,18). The smallest absolute Gasteiger partial charge is 0.138 e. The molecular weight excluding hydrogens is 244 g/mol. The normalized spacial score (nSPS) is 10.9. The number of aromatic amines is 1. The van der Waals surface area contributed by atoms with Crippen molar-refractivity contribution in [1.82, 2.24) is 9.97 Å². The van der Waals surface area contributed by atoms with Gasteiger partial charge in [-0.25, -0.2) is 4.98 Å². The summed E-state index contributed by atoms with van der Waals surface area (Å²) >= 11 is 5.84. The summed E-state index contributed by atoms with van der Waals surface area (Å²) in [6, 6.07) is 16.3. The van der Waals surface area contributed by atoms with Gasteiger partial charge in [0, 0.05) is 11.4 Å². The highest BCUT2D eigenvalue weighted by Crippen LogP contribution is 2.24. The van der Waals surface area contributed by atoms with Crippen molar-refractivity contribution >= 4 is 22.6 Å². The van der Waals surface area contributed by atoms with Crippen molar-refractivity contribution in [2.24, 2.45) is 0 Å². The van der Waals surface area contributed by atoms with E-state index in [1.165, 1.54) is 5.56 Å². The van der Waals surface area contributed by atoms with Crippen LogP contribution in [0.4, 0.5) is 0 Å². The highest BCUT2D eigenvalue weighted by atomic mass is 35.5. The number of nitrogens with zero attached hydrogens (tertiary/aromatic N) is 1. The molecule has 1 heterocycles. The Hall–Kier alpha value is -1.80. The van der Waals surface area contributed by atoms with Crippen LogP contribution in [-0.2, 0) is 6.42 Å². The molecule has 0 atom stereocenters. The maximum absolute atomic E-state index is 5.84. The zero-order valence-corrected chi connectivity index (χ0v) is 10.6. The molecule has 3 aromatic rings. The molecule has 2 aromatic carbocycles. The molecule has 0 aliphatic heterocycles. The van der Waals surface area contributed by atoms with Gasteiger partial charge in [-0.3, -0.25) is 0 Å². The van der Waals surface area contributed by atoms with E-state index >= 15 is 0 Å². The van der Waals surface area contributed by atoms with Crippen molar-refractivity contribution in [3.63, 3.8) is 0 Å². The molecule has 0 amide bonds. The fraction of sp³-hybridized carbons (Fsp3) is 0.133. The number of hydrogen-bond acceptors (Lipinski definition) is 1. The lowest BCUT2D eigenvalue weighted by Gasteiger charge is -2.04. The number of imidazole rings is 1. The van der Waals surface area contributed by atoms with Gasteiger partial charge in [0.1, 0.15) is 5.82 Å². The minimum absolute atomic E-state index is 0.622. The molecule has 1 N–H and O–H groups in total. The zero-order chi connectivity index (χ0) is 12.4. The largest absolute Gasteiger partial charge is 0.338 e. The number of fused-ring (bicyclic) bond motifs is 1. The van der Waals surface area contributed by atoms with Crippen LogP contribution in [0.5, 0.6) is 0 Å². The van der Waals surface area contributed by atoms with Gasteiger partial charge in [-0.2, -0.15) is 0 Å². The molecule has 2 nitrogen and oxygen atoms in total. The van der Waals surface area contributed by atoms with Crippen molar-refractivity contribution in [2.75, 3.05) is 5.88 Å². The van der Waals surface area contributed by atoms with E-state index in [1.807, 2.05) is 36.4 Å². The third-order valence-electron chi connectivity index (χ3n) is 3.03. The monoisotopic (exact) mass is 256 g/mol. The maximum atomic E-state index is 5.84. The van der Waals surface area contributed by atoms with Crippen molar-refractivity contribution in [3.8, 4) is 11.4 Å². The Morgan fingerprint density at radius 2 is 1.78 bits per heavy atom. The van der Waals surface area contributed by atoms with E-state index in [-0.39, 0.29) is 0 Å². The lowest BCUT2D eigenvalue weighted by molar-refractivity contribution is 1.14. The number of H-pyrrole nitrogens is 1. The van der Waals surface area contributed by atoms with Crippen molar-refractivity contribution in [1.29, 1.82) is 0 Å². The number of rotatable bonds is 3. The van der Waals surface area contributed by atoms with E-state index in [9.17, 15) is 0 Å². The SMILES string of the molecule is ClCCc1ccccc1-c1nc2ccccc2[nH]1. The summed E-state index contributed by atoms with van der Waals surface area (Å²) in [5.41, 5.74) is 4.42. The summed E-state index contributed by atoms with van der Waals surface area (Å²) in [5.74, 6) is 1.54. The predicted octanol–water partition coefficient (Wildman–Crippen LogP) is 4.01. The summed E-state index contributed by atoms with van der Waals surface area (Å²) in [6.45, 7) is 0. The summed E-state index contributed by atoms with van der Waals surface area (Å²) in [7, 11) is 0. The molecule has 0 saturated carbocycles. The van der Waals surface area contributed by atoms with Crippen LogP contribution in [0.1, 0.15) is 5.56 Å². The van der Waals surface area contributed by atoms with Crippen molar-refractivity contribution in [3.05, 3.63) is 54.1 Å². The first-order valence-electron chi connectivity index (χ1n) is 5.97. The Morgan fingerprint density at radius 1 is 1.00 bits per heavy atom. The van der Waals surface area contributed by atoms with E-state index in [0.717, 1.165) is 28.8 Å². The number of aryl methyl sites for hydroxylation is 1. The molecule has 3 rings (SSSR count).